The summed E-state index contributed by atoms with van der Waals surface area (Å²) in [6, 6.07) is 0. The van der Waals surface area contributed by atoms with Crippen molar-refractivity contribution in [2.45, 2.75) is 66.2 Å². The predicted molar refractivity (Wildman–Crippen MR) is 118 cm³/mol. The van der Waals surface area contributed by atoms with Crippen LogP contribution in [0, 0.1) is 12.8 Å². The van der Waals surface area contributed by atoms with Crippen molar-refractivity contribution in [3.63, 3.8) is 0 Å². The van der Waals surface area contributed by atoms with Crippen molar-refractivity contribution >= 4 is 5.91 Å². The van der Waals surface area contributed by atoms with Crippen molar-refractivity contribution in [2.24, 2.45) is 5.92 Å². The minimum absolute atomic E-state index is 0. The van der Waals surface area contributed by atoms with Crippen LogP contribution in [-0.2, 0) is 17.1 Å². The fourth-order valence-electron chi connectivity index (χ4n) is 3.42. The first-order valence-corrected chi connectivity index (χ1v) is 10.8. The number of rotatable bonds is 7. The Morgan fingerprint density at radius 3 is 2.43 bits per heavy atom. The molecule has 2 rings (SSSR count). The van der Waals surface area contributed by atoms with Gasteiger partial charge in [-0.3, -0.25) is 9.59 Å². The number of alkyl halides is 2. The van der Waals surface area contributed by atoms with Gasteiger partial charge in [-0.15, -0.1) is 0 Å². The average Bonchev–Trinajstić information content (AvgIpc) is 2.75. The van der Waals surface area contributed by atoms with E-state index in [9.17, 15) is 18.4 Å². The number of halogens is 2. The van der Waals surface area contributed by atoms with Crippen LogP contribution < -0.4 is 10.9 Å². The molecule has 1 aliphatic rings. The number of allylic oxidation sites excluding steroid dienone is 2. The Morgan fingerprint density at radius 1 is 1.30 bits per heavy atom. The molecule has 0 radical (unpaired) electrons. The van der Waals surface area contributed by atoms with E-state index < -0.39 is 17.0 Å². The number of hydrogen-bond acceptors (Lipinski definition) is 4. The van der Waals surface area contributed by atoms with E-state index in [0.29, 0.717) is 23.6 Å². The SMILES string of the molecule is CC=CCC(CC)C(=O)N1CCNCC1.CCc1n[nH]c(=O)c(C(F)(F)CC)c1C.[HH]. The zero-order valence-electron chi connectivity index (χ0n) is 18.9. The van der Waals surface area contributed by atoms with Gasteiger partial charge in [-0.1, -0.05) is 32.9 Å². The molecule has 30 heavy (non-hydrogen) atoms. The van der Waals surface area contributed by atoms with E-state index in [4.69, 9.17) is 0 Å². The summed E-state index contributed by atoms with van der Waals surface area (Å²) < 4.78 is 27.0. The number of nitrogens with zero attached hydrogens (tertiary/aromatic N) is 2. The summed E-state index contributed by atoms with van der Waals surface area (Å²) in [4.78, 5) is 25.4. The third kappa shape index (κ3) is 7.00. The fourth-order valence-corrected chi connectivity index (χ4v) is 3.42. The number of hydrogen-bond donors (Lipinski definition) is 2. The summed E-state index contributed by atoms with van der Waals surface area (Å²) in [5, 5.41) is 9.11. The molecule has 0 spiro atoms. The third-order valence-corrected chi connectivity index (χ3v) is 5.40. The van der Waals surface area contributed by atoms with E-state index in [1.54, 1.807) is 0 Å². The van der Waals surface area contributed by atoms with E-state index in [1.807, 2.05) is 24.8 Å². The molecule has 0 aliphatic carbocycles. The summed E-state index contributed by atoms with van der Waals surface area (Å²) in [7, 11) is 0. The van der Waals surface area contributed by atoms with E-state index >= 15 is 0 Å². The quantitative estimate of drug-likeness (QED) is 0.648. The Hall–Kier alpha value is -2.09. The average molecular weight is 429 g/mol. The molecule has 1 unspecified atom stereocenters. The maximum atomic E-state index is 13.5. The van der Waals surface area contributed by atoms with E-state index in [0.717, 1.165) is 39.0 Å². The number of aromatic nitrogens is 2. The van der Waals surface area contributed by atoms with E-state index in [-0.39, 0.29) is 13.8 Å². The molecule has 1 atom stereocenters. The van der Waals surface area contributed by atoms with Crippen molar-refractivity contribution in [3.8, 4) is 0 Å². The topological polar surface area (TPSA) is 78.1 Å². The Bertz CT molecular complexity index is 762. The Kier molecular flexibility index (Phi) is 10.9. The molecule has 1 aromatic heterocycles. The lowest BCUT2D eigenvalue weighted by molar-refractivity contribution is -0.136. The highest BCUT2D eigenvalue weighted by Crippen LogP contribution is 2.31. The number of nitrogens with one attached hydrogen (secondary N) is 2. The van der Waals surface area contributed by atoms with Gasteiger partial charge in [0.2, 0.25) is 5.91 Å². The summed E-state index contributed by atoms with van der Waals surface area (Å²) in [6.45, 7) is 12.4. The molecule has 0 saturated carbocycles. The number of aromatic amines is 1. The molecule has 2 heterocycles. The van der Waals surface area contributed by atoms with Gasteiger partial charge in [0.15, 0.2) is 0 Å². The standard InChI is InChI=1S/C12H22N2O.C10H14F2N2O.H2/c1-3-5-6-11(4-2)12(15)14-9-7-13-8-10-14;1-4-7-6(3)8(9(15)14-13-7)10(11,12)5-2;/h3,5,11,13H,4,6-10H2,1-2H3;4-5H2,1-3H3,(H,14,15);1H. The van der Waals surface area contributed by atoms with Crippen LogP contribution in [0.25, 0.3) is 0 Å². The van der Waals surface area contributed by atoms with Gasteiger partial charge in [-0.2, -0.15) is 5.10 Å². The second-order valence-electron chi connectivity index (χ2n) is 7.40. The van der Waals surface area contributed by atoms with E-state index in [1.165, 1.54) is 13.8 Å². The highest BCUT2D eigenvalue weighted by Gasteiger charge is 2.34. The highest BCUT2D eigenvalue weighted by molar-refractivity contribution is 5.79. The molecule has 1 saturated heterocycles. The van der Waals surface area contributed by atoms with Gasteiger partial charge in [0, 0.05) is 39.9 Å². The molecule has 1 aromatic rings. The normalized spacial score (nSPS) is 15.6. The lowest BCUT2D eigenvalue weighted by atomic mass is 10.00. The molecule has 8 heteroatoms. The lowest BCUT2D eigenvalue weighted by Crippen LogP contribution is -2.48. The molecule has 1 fully saturated rings. The van der Waals surface area contributed by atoms with Gasteiger partial charge in [-0.25, -0.2) is 13.9 Å². The van der Waals surface area contributed by atoms with Gasteiger partial charge >= 0.3 is 0 Å². The minimum Gasteiger partial charge on any atom is -0.340 e. The van der Waals surface area contributed by atoms with Crippen LogP contribution >= 0.6 is 0 Å². The van der Waals surface area contributed by atoms with E-state index in [2.05, 4.69) is 28.5 Å². The van der Waals surface area contributed by atoms with Gasteiger partial charge < -0.3 is 10.2 Å². The minimum atomic E-state index is -3.08. The zero-order chi connectivity index (χ0) is 22.7. The second-order valence-corrected chi connectivity index (χ2v) is 7.40. The lowest BCUT2D eigenvalue weighted by Gasteiger charge is -2.30. The van der Waals surface area contributed by atoms with Crippen LogP contribution in [0.5, 0.6) is 0 Å². The maximum absolute atomic E-state index is 13.5. The highest BCUT2D eigenvalue weighted by atomic mass is 19.3. The Morgan fingerprint density at radius 2 is 1.93 bits per heavy atom. The molecule has 172 valence electrons. The number of amides is 1. The van der Waals surface area contributed by atoms with Crippen LogP contribution in [0.3, 0.4) is 0 Å². The zero-order valence-corrected chi connectivity index (χ0v) is 18.9. The first kappa shape index (κ1) is 25.9. The molecule has 1 aliphatic heterocycles. The van der Waals surface area contributed by atoms with Crippen LogP contribution in [0.2, 0.25) is 0 Å². The molecule has 2 N–H and O–H groups in total. The first-order valence-electron chi connectivity index (χ1n) is 10.8. The third-order valence-electron chi connectivity index (χ3n) is 5.40. The van der Waals surface area contributed by atoms with Crippen LogP contribution in [0.1, 0.15) is 65.2 Å². The van der Waals surface area contributed by atoms with Crippen molar-refractivity contribution in [1.29, 1.82) is 0 Å². The number of piperazine rings is 1. The Labute approximate surface area is 179 Å². The van der Waals surface area contributed by atoms with Crippen molar-refractivity contribution in [3.05, 3.63) is 39.3 Å². The summed E-state index contributed by atoms with van der Waals surface area (Å²) in [5.74, 6) is -2.57. The largest absolute Gasteiger partial charge is 0.340 e. The molecule has 0 aromatic carbocycles. The first-order chi connectivity index (χ1) is 14.2. The summed E-state index contributed by atoms with van der Waals surface area (Å²) >= 11 is 0. The van der Waals surface area contributed by atoms with Crippen LogP contribution in [0.15, 0.2) is 16.9 Å². The molecule has 6 nitrogen and oxygen atoms in total. The van der Waals surface area contributed by atoms with Gasteiger partial charge in [-0.05, 0) is 38.7 Å². The monoisotopic (exact) mass is 428 g/mol. The van der Waals surface area contributed by atoms with Gasteiger partial charge in [0.1, 0.15) is 0 Å². The van der Waals surface area contributed by atoms with Crippen molar-refractivity contribution < 1.29 is 15.0 Å². The molecule has 1 amide bonds. The molecular formula is C22H38F2N4O2. The van der Waals surface area contributed by atoms with Gasteiger partial charge in [0.25, 0.3) is 11.5 Å². The molecule has 0 bridgehead atoms. The van der Waals surface area contributed by atoms with Gasteiger partial charge in [0.05, 0.1) is 11.3 Å². The smallest absolute Gasteiger partial charge is 0.278 e. The molecular weight excluding hydrogens is 390 g/mol. The Balaban J connectivity index is 0.000000562. The number of aryl methyl sites for hydroxylation is 1. The summed E-state index contributed by atoms with van der Waals surface area (Å²) in [5.41, 5.74) is -0.431. The van der Waals surface area contributed by atoms with Crippen molar-refractivity contribution in [1.82, 2.24) is 20.4 Å². The van der Waals surface area contributed by atoms with Crippen LogP contribution in [-0.4, -0.2) is 47.2 Å². The number of carbonyl (C=O) groups is 1. The number of carbonyl (C=O) groups excluding carboxylic acids is 1. The fraction of sp³-hybridized carbons (Fsp3) is 0.682. The second kappa shape index (κ2) is 12.6. The number of H-pyrrole nitrogens is 1. The van der Waals surface area contributed by atoms with Crippen molar-refractivity contribution in [2.75, 3.05) is 26.2 Å². The van der Waals surface area contributed by atoms with Crippen LogP contribution in [0.4, 0.5) is 8.78 Å². The summed E-state index contributed by atoms with van der Waals surface area (Å²) in [6.07, 6.45) is 6.07. The predicted octanol–water partition coefficient (Wildman–Crippen LogP) is 3.80. The maximum Gasteiger partial charge on any atom is 0.278 e.